The Bertz CT molecular complexity index is 969. The molecule has 0 fully saturated rings. The van der Waals surface area contributed by atoms with Crippen molar-refractivity contribution in [3.05, 3.63) is 90.0 Å². The Kier molecular flexibility index (Phi) is 10.4. The second kappa shape index (κ2) is 11.5. The van der Waals surface area contributed by atoms with Crippen LogP contribution in [0.1, 0.15) is 29.7 Å². The molecule has 0 bridgehead atoms. The number of nitrogens with one attached hydrogen (secondary N) is 1. The first-order valence-electron chi connectivity index (χ1n) is 8.19. The van der Waals surface area contributed by atoms with Crippen LogP contribution in [0.25, 0.3) is 10.8 Å². The zero-order valence-electron chi connectivity index (χ0n) is 15.3. The largest absolute Gasteiger partial charge is 0.416 e. The van der Waals surface area contributed by atoms with Crippen molar-refractivity contribution in [1.29, 1.82) is 0 Å². The van der Waals surface area contributed by atoms with Gasteiger partial charge in [0.05, 0.1) is 5.56 Å². The van der Waals surface area contributed by atoms with Crippen LogP contribution in [0.15, 0.2) is 66.7 Å². The van der Waals surface area contributed by atoms with Crippen LogP contribution < -0.4 is 5.32 Å². The predicted molar refractivity (Wildman–Crippen MR) is 98.1 cm³/mol. The Morgan fingerprint density at radius 3 is 2.36 bits per heavy atom. The van der Waals surface area contributed by atoms with Crippen molar-refractivity contribution in [2.75, 3.05) is 0 Å². The van der Waals surface area contributed by atoms with E-state index in [1.165, 1.54) is 6.07 Å². The molecule has 1 unspecified atom stereocenters. The van der Waals surface area contributed by atoms with Gasteiger partial charge in [0, 0.05) is 71.5 Å². The van der Waals surface area contributed by atoms with Crippen LogP contribution in [0.3, 0.4) is 0 Å². The molecule has 1 atom stereocenters. The number of alkyl halides is 3. The molecule has 0 saturated heterocycles. The number of halogens is 3. The van der Waals surface area contributed by atoms with Crippen molar-refractivity contribution in [3.63, 3.8) is 0 Å². The molecule has 0 aliphatic heterocycles. The first-order chi connectivity index (χ1) is 12.4. The van der Waals surface area contributed by atoms with E-state index in [9.17, 15) is 13.2 Å². The molecule has 3 aromatic rings. The summed E-state index contributed by atoms with van der Waals surface area (Å²) in [5.74, 6) is 5.51. The van der Waals surface area contributed by atoms with Crippen molar-refractivity contribution in [3.8, 4) is 11.8 Å². The maximum atomic E-state index is 12.7. The normalized spacial score (nSPS) is 11.4. The van der Waals surface area contributed by atoms with Gasteiger partial charge in [-0.05, 0) is 23.3 Å². The molecular formula is C22H17F3NY2-. The summed E-state index contributed by atoms with van der Waals surface area (Å²) in [6.07, 6.45) is -4.36. The summed E-state index contributed by atoms with van der Waals surface area (Å²) < 4.78 is 38.1. The van der Waals surface area contributed by atoms with Crippen molar-refractivity contribution < 1.29 is 78.6 Å². The molecule has 2 radical (unpaired) electrons. The Balaban J connectivity index is 0.00000196. The second-order valence-electron chi connectivity index (χ2n) is 5.95. The molecular weight excluding hydrogens is 513 g/mol. The van der Waals surface area contributed by atoms with E-state index in [0.29, 0.717) is 5.56 Å². The molecule has 0 aliphatic rings. The molecule has 3 aromatic carbocycles. The maximum Gasteiger partial charge on any atom is 0.416 e. The summed E-state index contributed by atoms with van der Waals surface area (Å²) in [6, 6.07) is 19.3. The molecule has 0 aromatic heterocycles. The Morgan fingerprint density at radius 2 is 1.61 bits per heavy atom. The standard InChI is InChI=1S/C22H17F3N.2Y/c1-16(20-13-5-10-18-9-2-3-12-21(18)20)26-14-6-8-17-7-4-11-19(15-17)22(23,24)25;;/h2-5,7,9-16,26H,1H3;;/q-1;;. The van der Waals surface area contributed by atoms with Gasteiger partial charge in [-0.3, -0.25) is 11.8 Å². The fourth-order valence-corrected chi connectivity index (χ4v) is 2.78. The smallest absolute Gasteiger partial charge is 0.360 e. The molecule has 138 valence electrons. The van der Waals surface area contributed by atoms with E-state index >= 15 is 0 Å². The van der Waals surface area contributed by atoms with Crippen molar-refractivity contribution in [2.45, 2.75) is 19.1 Å². The average molecular weight is 530 g/mol. The molecule has 0 aliphatic carbocycles. The quantitative estimate of drug-likeness (QED) is 0.338. The van der Waals surface area contributed by atoms with Crippen LogP contribution in [0.4, 0.5) is 13.2 Å². The van der Waals surface area contributed by atoms with Crippen LogP contribution >= 0.6 is 0 Å². The second-order valence-corrected chi connectivity index (χ2v) is 5.95. The van der Waals surface area contributed by atoms with Gasteiger partial charge < -0.3 is 5.32 Å². The molecule has 6 heteroatoms. The minimum Gasteiger partial charge on any atom is -0.360 e. The third-order valence-electron chi connectivity index (χ3n) is 4.10. The zero-order chi connectivity index (χ0) is 18.6. The van der Waals surface area contributed by atoms with Gasteiger partial charge >= 0.3 is 6.18 Å². The summed E-state index contributed by atoms with van der Waals surface area (Å²) in [6.45, 7) is 3.59. The zero-order valence-corrected chi connectivity index (χ0v) is 21.0. The average Bonchev–Trinajstić information content (AvgIpc) is 2.64. The van der Waals surface area contributed by atoms with Gasteiger partial charge in [0.1, 0.15) is 0 Å². The Labute approximate surface area is 213 Å². The summed E-state index contributed by atoms with van der Waals surface area (Å²) in [5.41, 5.74) is 0.775. The van der Waals surface area contributed by atoms with Gasteiger partial charge in [0.15, 0.2) is 0 Å². The van der Waals surface area contributed by atoms with Gasteiger partial charge in [-0.25, -0.2) is 0 Å². The molecule has 1 N–H and O–H groups in total. The van der Waals surface area contributed by atoms with E-state index in [4.69, 9.17) is 0 Å². The molecule has 0 saturated carbocycles. The molecule has 28 heavy (non-hydrogen) atoms. The van der Waals surface area contributed by atoms with Gasteiger partial charge in [-0.1, -0.05) is 72.3 Å². The first kappa shape index (κ1) is 25.3. The Morgan fingerprint density at radius 1 is 0.929 bits per heavy atom. The van der Waals surface area contributed by atoms with Gasteiger partial charge in [0.2, 0.25) is 0 Å². The molecule has 1 nitrogen and oxygen atoms in total. The predicted octanol–water partition coefficient (Wildman–Crippen LogP) is 5.72. The minimum absolute atomic E-state index is 0. The summed E-state index contributed by atoms with van der Waals surface area (Å²) >= 11 is 0. The third-order valence-corrected chi connectivity index (χ3v) is 4.10. The molecule has 0 amide bonds. The summed E-state index contributed by atoms with van der Waals surface area (Å²) in [4.78, 5) is 0. The SMILES string of the molecule is CC(N[CH-]C#Cc1cccc(C(F)(F)F)c1)c1cccc2ccccc12.[Y].[Y]. The van der Waals surface area contributed by atoms with E-state index in [2.05, 4.69) is 35.4 Å². The van der Waals surface area contributed by atoms with Gasteiger partial charge in [-0.2, -0.15) is 13.2 Å². The number of hydrogen-bond acceptors (Lipinski definition) is 1. The van der Waals surface area contributed by atoms with Crippen molar-refractivity contribution >= 4 is 10.8 Å². The number of fused-ring (bicyclic) bond motifs is 1. The third kappa shape index (κ3) is 6.68. The first-order valence-corrected chi connectivity index (χ1v) is 8.19. The molecule has 0 heterocycles. The minimum atomic E-state index is -4.36. The van der Waals surface area contributed by atoms with Crippen molar-refractivity contribution in [2.24, 2.45) is 0 Å². The monoisotopic (exact) mass is 530 g/mol. The van der Waals surface area contributed by atoms with E-state index in [0.717, 1.165) is 28.5 Å². The topological polar surface area (TPSA) is 12.0 Å². The molecule has 0 spiro atoms. The van der Waals surface area contributed by atoms with Crippen LogP contribution in [0.5, 0.6) is 0 Å². The summed E-state index contributed by atoms with van der Waals surface area (Å²) in [7, 11) is 0. The molecule has 3 rings (SSSR count). The van der Waals surface area contributed by atoms with Gasteiger partial charge in [-0.15, -0.1) is 6.54 Å². The van der Waals surface area contributed by atoms with Crippen molar-refractivity contribution in [1.82, 2.24) is 5.32 Å². The van der Waals surface area contributed by atoms with E-state index < -0.39 is 11.7 Å². The van der Waals surface area contributed by atoms with Crippen LogP contribution in [-0.4, -0.2) is 0 Å². The number of benzene rings is 3. The summed E-state index contributed by atoms with van der Waals surface area (Å²) in [5, 5.41) is 5.51. The van der Waals surface area contributed by atoms with Gasteiger partial charge in [0.25, 0.3) is 0 Å². The van der Waals surface area contributed by atoms with Crippen LogP contribution in [0, 0.1) is 18.4 Å². The Hall–Kier alpha value is -0.692. The van der Waals surface area contributed by atoms with E-state index in [1.807, 2.05) is 31.2 Å². The van der Waals surface area contributed by atoms with E-state index in [-0.39, 0.29) is 71.5 Å². The van der Waals surface area contributed by atoms with Crippen LogP contribution in [0.2, 0.25) is 0 Å². The number of rotatable bonds is 3. The van der Waals surface area contributed by atoms with E-state index in [1.54, 1.807) is 12.6 Å². The fraction of sp³-hybridized carbons (Fsp3) is 0.136. The fourth-order valence-electron chi connectivity index (χ4n) is 2.78. The number of hydrogen-bond donors (Lipinski definition) is 1. The van der Waals surface area contributed by atoms with Crippen LogP contribution in [-0.2, 0) is 71.6 Å². The maximum absolute atomic E-state index is 12.7.